The lowest BCUT2D eigenvalue weighted by Crippen LogP contribution is -1.91. The third kappa shape index (κ3) is 2.56. The van der Waals surface area contributed by atoms with Crippen LogP contribution in [0.4, 0.5) is 10.9 Å². The summed E-state index contributed by atoms with van der Waals surface area (Å²) in [5, 5.41) is 9.03. The summed E-state index contributed by atoms with van der Waals surface area (Å²) >= 11 is 1.43. The van der Waals surface area contributed by atoms with Crippen molar-refractivity contribution in [3.05, 3.63) is 53.4 Å². The van der Waals surface area contributed by atoms with Gasteiger partial charge in [0, 0.05) is 10.9 Å². The summed E-state index contributed by atoms with van der Waals surface area (Å²) in [5.74, 6) is 0.507. The molecule has 0 fully saturated rings. The SMILES string of the molecule is Nc1csc(NN=Cc2cccc3ccccc23)n1. The van der Waals surface area contributed by atoms with Crippen molar-refractivity contribution in [1.29, 1.82) is 0 Å². The summed E-state index contributed by atoms with van der Waals surface area (Å²) in [4.78, 5) is 4.08. The van der Waals surface area contributed by atoms with Gasteiger partial charge in [0.25, 0.3) is 0 Å². The molecule has 19 heavy (non-hydrogen) atoms. The van der Waals surface area contributed by atoms with Crippen molar-refractivity contribution in [2.75, 3.05) is 11.2 Å². The van der Waals surface area contributed by atoms with E-state index in [1.807, 2.05) is 24.3 Å². The molecular formula is C14H12N4S. The van der Waals surface area contributed by atoms with Crippen LogP contribution in [0.5, 0.6) is 0 Å². The van der Waals surface area contributed by atoms with Crippen LogP contribution in [-0.2, 0) is 0 Å². The van der Waals surface area contributed by atoms with Crippen molar-refractivity contribution in [3.63, 3.8) is 0 Å². The number of nitrogens with two attached hydrogens (primary N) is 1. The Balaban J connectivity index is 1.85. The van der Waals surface area contributed by atoms with Crippen molar-refractivity contribution in [1.82, 2.24) is 4.98 Å². The molecule has 3 rings (SSSR count). The number of nitrogens with one attached hydrogen (secondary N) is 1. The molecule has 1 aromatic heterocycles. The van der Waals surface area contributed by atoms with Crippen LogP contribution in [-0.4, -0.2) is 11.2 Å². The third-order valence-corrected chi connectivity index (χ3v) is 3.47. The highest BCUT2D eigenvalue weighted by Crippen LogP contribution is 2.18. The van der Waals surface area contributed by atoms with Crippen LogP contribution in [0.1, 0.15) is 5.56 Å². The molecule has 3 aromatic rings. The second kappa shape index (κ2) is 5.07. The van der Waals surface area contributed by atoms with Crippen LogP contribution in [0.15, 0.2) is 52.9 Å². The fourth-order valence-electron chi connectivity index (χ4n) is 1.86. The number of fused-ring (bicyclic) bond motifs is 1. The van der Waals surface area contributed by atoms with Gasteiger partial charge in [0.15, 0.2) is 0 Å². The minimum absolute atomic E-state index is 0.507. The maximum atomic E-state index is 5.54. The van der Waals surface area contributed by atoms with Crippen LogP contribution in [0.2, 0.25) is 0 Å². The molecule has 0 spiro atoms. The number of hydrogen-bond donors (Lipinski definition) is 2. The standard InChI is InChI=1S/C14H12N4S/c15-13-9-19-14(17-13)18-16-8-11-6-3-5-10-4-1-2-7-12(10)11/h1-9H,15H2,(H,17,18). The number of benzene rings is 2. The zero-order chi connectivity index (χ0) is 13.1. The molecule has 0 aliphatic heterocycles. The van der Waals surface area contributed by atoms with Gasteiger partial charge in [-0.3, -0.25) is 5.43 Å². The highest BCUT2D eigenvalue weighted by molar-refractivity contribution is 7.14. The van der Waals surface area contributed by atoms with Crippen LogP contribution < -0.4 is 11.2 Å². The highest BCUT2D eigenvalue weighted by atomic mass is 32.1. The van der Waals surface area contributed by atoms with Gasteiger partial charge in [-0.2, -0.15) is 5.10 Å². The molecule has 0 radical (unpaired) electrons. The molecule has 0 atom stereocenters. The first-order valence-electron chi connectivity index (χ1n) is 5.81. The Morgan fingerprint density at radius 1 is 1.16 bits per heavy atom. The molecule has 5 heteroatoms. The van der Waals surface area contributed by atoms with E-state index < -0.39 is 0 Å². The Morgan fingerprint density at radius 3 is 2.84 bits per heavy atom. The van der Waals surface area contributed by atoms with E-state index in [1.165, 1.54) is 22.1 Å². The molecule has 0 aliphatic rings. The molecule has 0 amide bonds. The van der Waals surface area contributed by atoms with E-state index in [0.717, 1.165) is 5.56 Å². The van der Waals surface area contributed by atoms with Crippen LogP contribution in [0.3, 0.4) is 0 Å². The molecule has 2 aromatic carbocycles. The minimum Gasteiger partial charge on any atom is -0.383 e. The van der Waals surface area contributed by atoms with Crippen molar-refractivity contribution in [2.45, 2.75) is 0 Å². The molecule has 3 N–H and O–H groups in total. The van der Waals surface area contributed by atoms with Gasteiger partial charge >= 0.3 is 0 Å². The Labute approximate surface area is 114 Å². The van der Waals surface area contributed by atoms with Gasteiger partial charge in [0.2, 0.25) is 5.13 Å². The number of anilines is 2. The topological polar surface area (TPSA) is 63.3 Å². The van der Waals surface area contributed by atoms with Crippen LogP contribution >= 0.6 is 11.3 Å². The number of nitrogen functional groups attached to an aromatic ring is 1. The Kier molecular flexibility index (Phi) is 3.12. The van der Waals surface area contributed by atoms with Crippen molar-refractivity contribution >= 4 is 39.3 Å². The van der Waals surface area contributed by atoms with Gasteiger partial charge in [0.05, 0.1) is 6.21 Å². The highest BCUT2D eigenvalue weighted by Gasteiger charge is 1.98. The number of rotatable bonds is 3. The average molecular weight is 268 g/mol. The van der Waals surface area contributed by atoms with Gasteiger partial charge in [-0.05, 0) is 10.8 Å². The molecule has 0 bridgehead atoms. The summed E-state index contributed by atoms with van der Waals surface area (Å²) in [6.45, 7) is 0. The van der Waals surface area contributed by atoms with E-state index in [9.17, 15) is 0 Å². The fourth-order valence-corrected chi connectivity index (χ4v) is 2.41. The first-order valence-corrected chi connectivity index (χ1v) is 6.69. The molecule has 0 unspecified atom stereocenters. The maximum absolute atomic E-state index is 5.54. The normalized spacial score (nSPS) is 11.2. The van der Waals surface area contributed by atoms with Crippen LogP contribution in [0.25, 0.3) is 10.8 Å². The molecule has 1 heterocycles. The zero-order valence-electron chi connectivity index (χ0n) is 10.1. The lowest BCUT2D eigenvalue weighted by Gasteiger charge is -2.01. The number of hydrazone groups is 1. The van der Waals surface area contributed by atoms with E-state index in [4.69, 9.17) is 5.73 Å². The molecule has 0 saturated heterocycles. The second-order valence-corrected chi connectivity index (χ2v) is 4.87. The van der Waals surface area contributed by atoms with E-state index in [2.05, 4.69) is 33.7 Å². The van der Waals surface area contributed by atoms with Crippen molar-refractivity contribution in [3.8, 4) is 0 Å². The number of nitrogens with zero attached hydrogens (tertiary/aromatic N) is 2. The van der Waals surface area contributed by atoms with Gasteiger partial charge in [0.1, 0.15) is 5.82 Å². The predicted octanol–water partition coefficient (Wildman–Crippen LogP) is 3.32. The molecule has 4 nitrogen and oxygen atoms in total. The maximum Gasteiger partial charge on any atom is 0.205 e. The third-order valence-electron chi connectivity index (χ3n) is 2.71. The number of thiazole rings is 1. The Bertz CT molecular complexity index is 728. The number of hydrogen-bond acceptors (Lipinski definition) is 5. The number of aromatic nitrogens is 1. The quantitative estimate of drug-likeness (QED) is 0.565. The van der Waals surface area contributed by atoms with E-state index in [-0.39, 0.29) is 0 Å². The molecule has 0 saturated carbocycles. The fraction of sp³-hybridized carbons (Fsp3) is 0. The largest absolute Gasteiger partial charge is 0.383 e. The molecule has 94 valence electrons. The Hall–Kier alpha value is -2.40. The predicted molar refractivity (Wildman–Crippen MR) is 81.7 cm³/mol. The lowest BCUT2D eigenvalue weighted by atomic mass is 10.1. The smallest absolute Gasteiger partial charge is 0.205 e. The van der Waals surface area contributed by atoms with Gasteiger partial charge in [-0.25, -0.2) is 4.98 Å². The van der Waals surface area contributed by atoms with Crippen LogP contribution in [0, 0.1) is 0 Å². The van der Waals surface area contributed by atoms with E-state index in [1.54, 1.807) is 11.6 Å². The van der Waals surface area contributed by atoms with Gasteiger partial charge in [-0.15, -0.1) is 11.3 Å². The van der Waals surface area contributed by atoms with Crippen molar-refractivity contribution < 1.29 is 0 Å². The summed E-state index contributed by atoms with van der Waals surface area (Å²) < 4.78 is 0. The minimum atomic E-state index is 0.507. The monoisotopic (exact) mass is 268 g/mol. The summed E-state index contributed by atoms with van der Waals surface area (Å²) in [6.07, 6.45) is 1.79. The van der Waals surface area contributed by atoms with Gasteiger partial charge < -0.3 is 5.73 Å². The molecular weight excluding hydrogens is 256 g/mol. The summed E-state index contributed by atoms with van der Waals surface area (Å²) in [7, 11) is 0. The molecule has 0 aliphatic carbocycles. The lowest BCUT2D eigenvalue weighted by molar-refractivity contribution is 1.29. The summed E-state index contributed by atoms with van der Waals surface area (Å²) in [6, 6.07) is 14.4. The Morgan fingerprint density at radius 2 is 2.00 bits per heavy atom. The van der Waals surface area contributed by atoms with Crippen molar-refractivity contribution in [2.24, 2.45) is 5.10 Å². The van der Waals surface area contributed by atoms with E-state index in [0.29, 0.717) is 10.9 Å². The first-order chi connectivity index (χ1) is 9.33. The van der Waals surface area contributed by atoms with Gasteiger partial charge in [-0.1, -0.05) is 42.5 Å². The second-order valence-electron chi connectivity index (χ2n) is 4.02. The first kappa shape index (κ1) is 11.7. The average Bonchev–Trinajstić information content (AvgIpc) is 2.85. The summed E-state index contributed by atoms with van der Waals surface area (Å²) in [5.41, 5.74) is 9.48. The zero-order valence-corrected chi connectivity index (χ0v) is 10.9. The van der Waals surface area contributed by atoms with E-state index >= 15 is 0 Å².